The van der Waals surface area contributed by atoms with Crippen molar-refractivity contribution in [1.82, 2.24) is 0 Å². The average Bonchev–Trinajstić information content (AvgIpc) is 2.95. The zero-order valence-electron chi connectivity index (χ0n) is 13.9. The van der Waals surface area contributed by atoms with Crippen LogP contribution in [0, 0.1) is 0 Å². The highest BCUT2D eigenvalue weighted by Gasteiger charge is 2.26. The van der Waals surface area contributed by atoms with Crippen LogP contribution < -0.4 is 15.2 Å². The van der Waals surface area contributed by atoms with Crippen molar-refractivity contribution < 1.29 is 9.47 Å². The number of hydrogen-bond donors (Lipinski definition) is 1. The highest BCUT2D eigenvalue weighted by molar-refractivity contribution is 6.44. The number of benzene rings is 2. The van der Waals surface area contributed by atoms with E-state index < -0.39 is 0 Å². The van der Waals surface area contributed by atoms with E-state index in [0.717, 1.165) is 46.6 Å². The van der Waals surface area contributed by atoms with E-state index in [-0.39, 0.29) is 6.23 Å². The Balaban J connectivity index is 2.13. The van der Waals surface area contributed by atoms with Crippen molar-refractivity contribution in [3.05, 3.63) is 45.4 Å². The lowest BCUT2D eigenvalue weighted by Crippen LogP contribution is -2.24. The summed E-state index contributed by atoms with van der Waals surface area (Å²) in [4.78, 5) is 0. The van der Waals surface area contributed by atoms with Gasteiger partial charge in [-0.2, -0.15) is 0 Å². The molecule has 0 amide bonds. The molecule has 0 saturated heterocycles. The summed E-state index contributed by atoms with van der Waals surface area (Å²) in [5.74, 6) is 1.57. The first kappa shape index (κ1) is 17.4. The van der Waals surface area contributed by atoms with Crippen molar-refractivity contribution in [2.24, 2.45) is 5.73 Å². The van der Waals surface area contributed by atoms with Crippen molar-refractivity contribution in [2.75, 3.05) is 6.61 Å². The Hall–Kier alpha value is -1.42. The molecule has 0 radical (unpaired) electrons. The van der Waals surface area contributed by atoms with Crippen molar-refractivity contribution in [1.29, 1.82) is 0 Å². The zero-order valence-corrected chi connectivity index (χ0v) is 15.4. The lowest BCUT2D eigenvalue weighted by Gasteiger charge is -2.15. The Kier molecular flexibility index (Phi) is 5.24. The van der Waals surface area contributed by atoms with Crippen LogP contribution >= 0.6 is 23.2 Å². The van der Waals surface area contributed by atoms with Crippen LogP contribution in [-0.4, -0.2) is 12.8 Å². The number of hydrogen-bond acceptors (Lipinski definition) is 3. The van der Waals surface area contributed by atoms with Gasteiger partial charge in [0.2, 0.25) is 0 Å². The smallest absolute Gasteiger partial charge is 0.151 e. The maximum absolute atomic E-state index is 6.55. The molecule has 2 aromatic carbocycles. The highest BCUT2D eigenvalue weighted by Crippen LogP contribution is 2.45. The molecule has 128 valence electrons. The Bertz CT molecular complexity index is 762. The molecule has 3 nitrogen and oxygen atoms in total. The highest BCUT2D eigenvalue weighted by atomic mass is 35.5. The maximum atomic E-state index is 6.55. The number of fused-ring (bicyclic) bond motifs is 1. The summed E-state index contributed by atoms with van der Waals surface area (Å²) < 4.78 is 11.6. The van der Waals surface area contributed by atoms with Gasteiger partial charge >= 0.3 is 0 Å². The number of ether oxygens (including phenoxy) is 2. The Labute approximate surface area is 152 Å². The van der Waals surface area contributed by atoms with Crippen LogP contribution in [0.15, 0.2) is 24.3 Å². The molecule has 5 heteroatoms. The summed E-state index contributed by atoms with van der Waals surface area (Å²) in [6, 6.07) is 7.94. The van der Waals surface area contributed by atoms with Crippen LogP contribution in [0.5, 0.6) is 11.5 Å². The average molecular weight is 366 g/mol. The van der Waals surface area contributed by atoms with E-state index in [4.69, 9.17) is 38.4 Å². The summed E-state index contributed by atoms with van der Waals surface area (Å²) >= 11 is 13.0. The first-order chi connectivity index (χ1) is 11.5. The maximum Gasteiger partial charge on any atom is 0.151 e. The van der Waals surface area contributed by atoms with Gasteiger partial charge in [0, 0.05) is 23.1 Å². The SMILES string of the molecule is CCCOc1cc2c(c(-c3ccc(CC)c(Cl)c3Cl)c1)OC(N)C2. The summed E-state index contributed by atoms with van der Waals surface area (Å²) in [6.07, 6.45) is 2.09. The molecule has 24 heavy (non-hydrogen) atoms. The number of nitrogens with two attached hydrogens (primary N) is 1. The molecular weight excluding hydrogens is 345 g/mol. The molecule has 0 saturated carbocycles. The van der Waals surface area contributed by atoms with Gasteiger partial charge in [-0.15, -0.1) is 0 Å². The molecule has 0 spiro atoms. The fourth-order valence-electron chi connectivity index (χ4n) is 2.93. The second-order valence-electron chi connectivity index (χ2n) is 5.92. The Morgan fingerprint density at radius 1 is 1.17 bits per heavy atom. The van der Waals surface area contributed by atoms with E-state index in [2.05, 4.69) is 13.8 Å². The van der Waals surface area contributed by atoms with Crippen molar-refractivity contribution in [2.45, 2.75) is 39.3 Å². The van der Waals surface area contributed by atoms with E-state index >= 15 is 0 Å². The van der Waals surface area contributed by atoms with E-state index in [1.165, 1.54) is 0 Å². The van der Waals surface area contributed by atoms with Gasteiger partial charge in [0.1, 0.15) is 11.5 Å². The van der Waals surface area contributed by atoms with Crippen LogP contribution in [0.1, 0.15) is 31.4 Å². The molecule has 1 aliphatic rings. The van der Waals surface area contributed by atoms with Crippen LogP contribution in [0.4, 0.5) is 0 Å². The lowest BCUT2D eigenvalue weighted by atomic mass is 9.98. The van der Waals surface area contributed by atoms with Gasteiger partial charge in [0.25, 0.3) is 0 Å². The summed E-state index contributed by atoms with van der Waals surface area (Å²) in [7, 11) is 0. The first-order valence-corrected chi connectivity index (χ1v) is 8.99. The predicted molar refractivity (Wildman–Crippen MR) is 99.4 cm³/mol. The van der Waals surface area contributed by atoms with Crippen LogP contribution in [0.2, 0.25) is 10.0 Å². The minimum absolute atomic E-state index is 0.343. The van der Waals surface area contributed by atoms with Crippen molar-refractivity contribution in [3.63, 3.8) is 0 Å². The molecule has 0 fully saturated rings. The van der Waals surface area contributed by atoms with Crippen LogP contribution in [-0.2, 0) is 12.8 Å². The number of aryl methyl sites for hydroxylation is 1. The van der Waals surface area contributed by atoms with Crippen molar-refractivity contribution >= 4 is 23.2 Å². The third kappa shape index (κ3) is 3.21. The van der Waals surface area contributed by atoms with Gasteiger partial charge < -0.3 is 9.47 Å². The normalized spacial score (nSPS) is 16.0. The minimum Gasteiger partial charge on any atom is -0.494 e. The van der Waals surface area contributed by atoms with E-state index in [1.54, 1.807) is 0 Å². The topological polar surface area (TPSA) is 44.5 Å². The molecule has 1 unspecified atom stereocenters. The molecule has 0 aliphatic carbocycles. The van der Waals surface area contributed by atoms with Crippen LogP contribution in [0.3, 0.4) is 0 Å². The fourth-order valence-corrected chi connectivity index (χ4v) is 3.52. The number of rotatable bonds is 5. The molecular formula is C19H21Cl2NO2. The monoisotopic (exact) mass is 365 g/mol. The largest absolute Gasteiger partial charge is 0.494 e. The van der Waals surface area contributed by atoms with Gasteiger partial charge in [0.05, 0.1) is 16.7 Å². The van der Waals surface area contributed by atoms with Gasteiger partial charge in [-0.25, -0.2) is 0 Å². The second kappa shape index (κ2) is 7.22. The third-order valence-corrected chi connectivity index (χ3v) is 5.06. The standard InChI is InChI=1S/C19H21Cl2NO2/c1-3-7-23-13-8-12-9-16(22)24-19(12)15(10-13)14-6-5-11(4-2)17(20)18(14)21/h5-6,8,10,16H,3-4,7,9,22H2,1-2H3. The summed E-state index contributed by atoms with van der Waals surface area (Å²) in [5.41, 5.74) is 9.75. The lowest BCUT2D eigenvalue weighted by molar-refractivity contribution is 0.242. The van der Waals surface area contributed by atoms with Crippen molar-refractivity contribution in [3.8, 4) is 22.6 Å². The summed E-state index contributed by atoms with van der Waals surface area (Å²) in [6.45, 7) is 4.79. The third-order valence-electron chi connectivity index (χ3n) is 4.14. The van der Waals surface area contributed by atoms with Crippen LogP contribution in [0.25, 0.3) is 11.1 Å². The van der Waals surface area contributed by atoms with E-state index in [0.29, 0.717) is 23.1 Å². The second-order valence-corrected chi connectivity index (χ2v) is 6.68. The molecule has 0 bridgehead atoms. The minimum atomic E-state index is -0.343. The van der Waals surface area contributed by atoms with E-state index in [1.807, 2.05) is 24.3 Å². The van der Waals surface area contributed by atoms with E-state index in [9.17, 15) is 0 Å². The zero-order chi connectivity index (χ0) is 17.3. The molecule has 2 aromatic rings. The van der Waals surface area contributed by atoms with Gasteiger partial charge in [-0.1, -0.05) is 49.2 Å². The molecule has 2 N–H and O–H groups in total. The molecule has 1 atom stereocenters. The quantitative estimate of drug-likeness (QED) is 0.788. The summed E-state index contributed by atoms with van der Waals surface area (Å²) in [5, 5.41) is 1.13. The van der Waals surface area contributed by atoms with Gasteiger partial charge in [-0.05, 0) is 30.5 Å². The predicted octanol–water partition coefficient (Wildman–Crippen LogP) is 5.23. The Morgan fingerprint density at radius 2 is 1.96 bits per heavy atom. The number of halogens is 2. The van der Waals surface area contributed by atoms with Gasteiger partial charge in [-0.3, -0.25) is 5.73 Å². The molecule has 0 aromatic heterocycles. The molecule has 1 heterocycles. The fraction of sp³-hybridized carbons (Fsp3) is 0.368. The molecule has 3 rings (SSSR count). The van der Waals surface area contributed by atoms with Gasteiger partial charge in [0.15, 0.2) is 6.23 Å². The molecule has 1 aliphatic heterocycles. The Morgan fingerprint density at radius 3 is 2.67 bits per heavy atom. The first-order valence-electron chi connectivity index (χ1n) is 8.24.